The van der Waals surface area contributed by atoms with E-state index in [2.05, 4.69) is 0 Å². The Morgan fingerprint density at radius 2 is 2.12 bits per heavy atom. The van der Waals surface area contributed by atoms with Crippen LogP contribution in [0.1, 0.15) is 32.6 Å². The Bertz CT molecular complexity index is 356. The summed E-state index contributed by atoms with van der Waals surface area (Å²) in [5, 5.41) is -0.497. The smallest absolute Gasteiger partial charge is 0.218 e. The van der Waals surface area contributed by atoms with Crippen LogP contribution in [-0.2, 0) is 14.8 Å². The summed E-state index contributed by atoms with van der Waals surface area (Å²) in [6.07, 6.45) is 4.22. The Hall–Kier alpha value is -0.170. The van der Waals surface area contributed by atoms with Gasteiger partial charge in [-0.2, -0.15) is 4.31 Å². The van der Waals surface area contributed by atoms with Crippen molar-refractivity contribution in [3.05, 3.63) is 0 Å². The fraction of sp³-hybridized carbons (Fsp3) is 1.00. The highest BCUT2D eigenvalue weighted by molar-refractivity contribution is 7.89. The van der Waals surface area contributed by atoms with Crippen LogP contribution < -0.4 is 5.73 Å². The van der Waals surface area contributed by atoms with Crippen LogP contribution in [0, 0.1) is 0 Å². The van der Waals surface area contributed by atoms with Crippen molar-refractivity contribution >= 4 is 10.0 Å². The molecule has 3 unspecified atom stereocenters. The summed E-state index contributed by atoms with van der Waals surface area (Å²) < 4.78 is 32.1. The van der Waals surface area contributed by atoms with Crippen molar-refractivity contribution in [1.82, 2.24) is 4.31 Å². The summed E-state index contributed by atoms with van der Waals surface area (Å²) in [6, 6.07) is 0.0384. The molecule has 1 heterocycles. The molecule has 17 heavy (non-hydrogen) atoms. The van der Waals surface area contributed by atoms with Crippen LogP contribution in [-0.4, -0.2) is 49.8 Å². The molecule has 1 saturated heterocycles. The largest absolute Gasteiger partial charge is 0.375 e. The molecule has 0 aromatic rings. The highest BCUT2D eigenvalue weighted by Crippen LogP contribution is 2.31. The second kappa shape index (κ2) is 5.22. The molecule has 1 aliphatic carbocycles. The Labute approximate surface area is 103 Å². The Balaban J connectivity index is 2.19. The molecule has 1 saturated carbocycles. The first-order chi connectivity index (χ1) is 8.07. The molecule has 0 bridgehead atoms. The van der Waals surface area contributed by atoms with Gasteiger partial charge in [0.05, 0.1) is 24.0 Å². The fourth-order valence-electron chi connectivity index (χ4n) is 2.73. The molecule has 100 valence electrons. The van der Waals surface area contributed by atoms with Gasteiger partial charge in [-0.3, -0.25) is 0 Å². The summed E-state index contributed by atoms with van der Waals surface area (Å²) in [5.74, 6) is 0. The van der Waals surface area contributed by atoms with E-state index in [0.29, 0.717) is 13.2 Å². The summed E-state index contributed by atoms with van der Waals surface area (Å²) in [5.41, 5.74) is 5.50. The maximum Gasteiger partial charge on any atom is 0.218 e. The third-order valence-electron chi connectivity index (χ3n) is 3.85. The van der Waals surface area contributed by atoms with Crippen molar-refractivity contribution in [3.8, 4) is 0 Å². The number of morpholine rings is 1. The van der Waals surface area contributed by atoms with Gasteiger partial charge in [0.2, 0.25) is 10.0 Å². The maximum absolute atomic E-state index is 12.4. The summed E-state index contributed by atoms with van der Waals surface area (Å²) in [4.78, 5) is 0. The first-order valence-electron chi connectivity index (χ1n) is 6.39. The van der Waals surface area contributed by atoms with E-state index < -0.39 is 15.3 Å². The third-order valence-corrected chi connectivity index (χ3v) is 6.16. The first-order valence-corrected chi connectivity index (χ1v) is 7.90. The normalized spacial score (nSPS) is 33.1. The third kappa shape index (κ3) is 2.50. The molecule has 2 rings (SSSR count). The Kier molecular flexibility index (Phi) is 4.07. The van der Waals surface area contributed by atoms with Crippen molar-refractivity contribution in [1.29, 1.82) is 0 Å². The van der Waals surface area contributed by atoms with Gasteiger partial charge in [-0.25, -0.2) is 8.42 Å². The van der Waals surface area contributed by atoms with Gasteiger partial charge in [-0.1, -0.05) is 12.8 Å². The molecule has 2 aliphatic rings. The molecule has 3 atom stereocenters. The van der Waals surface area contributed by atoms with E-state index in [1.54, 1.807) is 11.2 Å². The number of hydrogen-bond acceptors (Lipinski definition) is 4. The molecular weight excluding hydrogens is 240 g/mol. The van der Waals surface area contributed by atoms with E-state index >= 15 is 0 Å². The standard InChI is InChI=1S/C11H22N2O3S/c1-9(8-12)17(14,15)13-6-7-16-11-5-3-2-4-10(11)13/h9-11H,2-8,12H2,1H3. The zero-order chi connectivity index (χ0) is 12.5. The van der Waals surface area contributed by atoms with E-state index in [0.717, 1.165) is 25.7 Å². The minimum atomic E-state index is -3.25. The van der Waals surface area contributed by atoms with Gasteiger partial charge in [0.25, 0.3) is 0 Å². The number of nitrogens with zero attached hydrogens (tertiary/aromatic N) is 1. The van der Waals surface area contributed by atoms with E-state index in [1.807, 2.05) is 0 Å². The van der Waals surface area contributed by atoms with Crippen LogP contribution in [0.2, 0.25) is 0 Å². The van der Waals surface area contributed by atoms with Crippen LogP contribution in [0.3, 0.4) is 0 Å². The van der Waals surface area contributed by atoms with Gasteiger partial charge >= 0.3 is 0 Å². The predicted octanol–water partition coefficient (Wildman–Crippen LogP) is 0.307. The minimum Gasteiger partial charge on any atom is -0.375 e. The molecule has 5 nitrogen and oxygen atoms in total. The van der Waals surface area contributed by atoms with Crippen molar-refractivity contribution in [2.45, 2.75) is 50.0 Å². The monoisotopic (exact) mass is 262 g/mol. The minimum absolute atomic E-state index is 0.0384. The van der Waals surface area contributed by atoms with Crippen molar-refractivity contribution in [2.24, 2.45) is 5.73 Å². The number of fused-ring (bicyclic) bond motifs is 1. The zero-order valence-corrected chi connectivity index (χ0v) is 11.2. The Morgan fingerprint density at radius 3 is 2.82 bits per heavy atom. The predicted molar refractivity (Wildman–Crippen MR) is 66.1 cm³/mol. The lowest BCUT2D eigenvalue weighted by atomic mass is 9.91. The number of ether oxygens (including phenoxy) is 1. The summed E-state index contributed by atoms with van der Waals surface area (Å²) >= 11 is 0. The maximum atomic E-state index is 12.4. The molecule has 6 heteroatoms. The van der Waals surface area contributed by atoms with Crippen LogP contribution >= 0.6 is 0 Å². The SMILES string of the molecule is CC(CN)S(=O)(=O)N1CCOC2CCCCC21. The molecule has 0 aromatic carbocycles. The van der Waals surface area contributed by atoms with Crippen molar-refractivity contribution in [2.75, 3.05) is 19.7 Å². The van der Waals surface area contributed by atoms with Crippen LogP contribution in [0.5, 0.6) is 0 Å². The second-order valence-electron chi connectivity index (χ2n) is 4.96. The highest BCUT2D eigenvalue weighted by atomic mass is 32.2. The summed E-state index contributed by atoms with van der Waals surface area (Å²) in [6.45, 7) is 2.85. The van der Waals surface area contributed by atoms with E-state index in [9.17, 15) is 8.42 Å². The number of sulfonamides is 1. The number of rotatable bonds is 3. The lowest BCUT2D eigenvalue weighted by Crippen LogP contribution is -2.57. The van der Waals surface area contributed by atoms with Gasteiger partial charge < -0.3 is 10.5 Å². The highest BCUT2D eigenvalue weighted by Gasteiger charge is 2.41. The lowest BCUT2D eigenvalue weighted by molar-refractivity contribution is -0.0588. The summed E-state index contributed by atoms with van der Waals surface area (Å²) in [7, 11) is -3.25. The van der Waals surface area contributed by atoms with Crippen molar-refractivity contribution in [3.63, 3.8) is 0 Å². The lowest BCUT2D eigenvalue weighted by Gasteiger charge is -2.43. The van der Waals surface area contributed by atoms with Gasteiger partial charge in [-0.05, 0) is 19.8 Å². The van der Waals surface area contributed by atoms with E-state index in [1.165, 1.54) is 0 Å². The van der Waals surface area contributed by atoms with Crippen LogP contribution in [0.15, 0.2) is 0 Å². The number of nitrogens with two attached hydrogens (primary N) is 1. The molecule has 2 fully saturated rings. The van der Waals surface area contributed by atoms with Gasteiger partial charge in [-0.15, -0.1) is 0 Å². The number of hydrogen-bond donors (Lipinski definition) is 1. The van der Waals surface area contributed by atoms with Crippen molar-refractivity contribution < 1.29 is 13.2 Å². The average Bonchev–Trinajstić information content (AvgIpc) is 2.37. The molecule has 1 aliphatic heterocycles. The molecular formula is C11H22N2O3S. The van der Waals surface area contributed by atoms with E-state index in [-0.39, 0.29) is 18.7 Å². The zero-order valence-electron chi connectivity index (χ0n) is 10.3. The van der Waals surface area contributed by atoms with E-state index in [4.69, 9.17) is 10.5 Å². The van der Waals surface area contributed by atoms with Crippen LogP contribution in [0.4, 0.5) is 0 Å². The molecule has 2 N–H and O–H groups in total. The quantitative estimate of drug-likeness (QED) is 0.794. The van der Waals surface area contributed by atoms with Crippen LogP contribution in [0.25, 0.3) is 0 Å². The molecule has 0 spiro atoms. The molecule has 0 amide bonds. The average molecular weight is 262 g/mol. The Morgan fingerprint density at radius 1 is 1.41 bits per heavy atom. The van der Waals surface area contributed by atoms with Gasteiger partial charge in [0.1, 0.15) is 0 Å². The van der Waals surface area contributed by atoms with Gasteiger partial charge in [0.15, 0.2) is 0 Å². The second-order valence-corrected chi connectivity index (χ2v) is 7.27. The topological polar surface area (TPSA) is 72.6 Å². The molecule has 0 radical (unpaired) electrons. The van der Waals surface area contributed by atoms with Gasteiger partial charge in [0, 0.05) is 13.1 Å². The fourth-order valence-corrected chi connectivity index (χ4v) is 4.38. The molecule has 0 aromatic heterocycles. The first kappa shape index (κ1) is 13.3.